The first-order chi connectivity index (χ1) is 12.0. The van der Waals surface area contributed by atoms with E-state index >= 15 is 0 Å². The Labute approximate surface area is 151 Å². The lowest BCUT2D eigenvalue weighted by atomic mass is 10.2. The number of halogens is 1. The Kier molecular flexibility index (Phi) is 6.55. The molecular formula is C19H17ClN2O3. The highest BCUT2D eigenvalue weighted by molar-refractivity contribution is 6.30. The second-order valence-electron chi connectivity index (χ2n) is 5.38. The molecule has 0 aromatic heterocycles. The van der Waals surface area contributed by atoms with Gasteiger partial charge in [-0.1, -0.05) is 35.4 Å². The van der Waals surface area contributed by atoms with Crippen molar-refractivity contribution >= 4 is 29.2 Å². The third kappa shape index (κ3) is 5.33. The quantitative estimate of drug-likeness (QED) is 0.739. The normalized spacial score (nSPS) is 9.96. The lowest BCUT2D eigenvalue weighted by Crippen LogP contribution is -2.35. The van der Waals surface area contributed by atoms with Crippen molar-refractivity contribution in [1.82, 2.24) is 0 Å². The summed E-state index contributed by atoms with van der Waals surface area (Å²) >= 11 is 5.84. The van der Waals surface area contributed by atoms with Gasteiger partial charge >= 0.3 is 5.97 Å². The van der Waals surface area contributed by atoms with Crippen LogP contribution in [-0.4, -0.2) is 25.0 Å². The molecule has 2 aromatic carbocycles. The maximum atomic E-state index is 12.5. The van der Waals surface area contributed by atoms with Gasteiger partial charge < -0.3 is 9.64 Å². The van der Waals surface area contributed by atoms with Crippen LogP contribution in [0.15, 0.2) is 48.5 Å². The zero-order chi connectivity index (χ0) is 18.2. The lowest BCUT2D eigenvalue weighted by molar-refractivity contribution is -0.121. The zero-order valence-electron chi connectivity index (χ0n) is 13.7. The molecule has 0 unspecified atom stereocenters. The summed E-state index contributed by atoms with van der Waals surface area (Å²) in [6.07, 6.45) is 0.182. The standard InChI is InChI=1S/C19H17ClN2O3/c1-14-6-8-17(9-7-14)22(11-3-10-21)18(23)13-25-19(24)15-4-2-5-16(20)12-15/h2,4-9,12H,3,11,13H2,1H3. The number of nitriles is 1. The molecular weight excluding hydrogens is 340 g/mol. The highest BCUT2D eigenvalue weighted by Gasteiger charge is 2.18. The van der Waals surface area contributed by atoms with Crippen molar-refractivity contribution < 1.29 is 14.3 Å². The molecule has 0 bridgehead atoms. The van der Waals surface area contributed by atoms with E-state index in [9.17, 15) is 9.59 Å². The Balaban J connectivity index is 2.05. The molecule has 0 saturated heterocycles. The molecule has 0 fully saturated rings. The number of aryl methyl sites for hydroxylation is 1. The van der Waals surface area contributed by atoms with Crippen molar-refractivity contribution in [3.63, 3.8) is 0 Å². The Morgan fingerprint density at radius 2 is 1.92 bits per heavy atom. The Morgan fingerprint density at radius 1 is 1.20 bits per heavy atom. The summed E-state index contributed by atoms with van der Waals surface area (Å²) < 4.78 is 5.08. The molecule has 1 amide bonds. The van der Waals surface area contributed by atoms with Crippen LogP contribution in [0.5, 0.6) is 0 Å². The molecule has 0 radical (unpaired) electrons. The van der Waals surface area contributed by atoms with E-state index < -0.39 is 18.5 Å². The summed E-state index contributed by atoms with van der Waals surface area (Å²) in [5.74, 6) is -1.02. The van der Waals surface area contributed by atoms with Crippen LogP contribution >= 0.6 is 11.6 Å². The maximum absolute atomic E-state index is 12.5. The molecule has 0 N–H and O–H groups in total. The third-order valence-corrected chi connectivity index (χ3v) is 3.72. The predicted octanol–water partition coefficient (Wildman–Crippen LogP) is 3.75. The van der Waals surface area contributed by atoms with Gasteiger partial charge in [-0.2, -0.15) is 5.26 Å². The molecule has 0 spiro atoms. The highest BCUT2D eigenvalue weighted by atomic mass is 35.5. The van der Waals surface area contributed by atoms with Crippen LogP contribution in [0.2, 0.25) is 5.02 Å². The predicted molar refractivity (Wildman–Crippen MR) is 95.5 cm³/mol. The molecule has 0 heterocycles. The van der Waals surface area contributed by atoms with E-state index in [1.807, 2.05) is 25.1 Å². The van der Waals surface area contributed by atoms with Gasteiger partial charge in [-0.3, -0.25) is 4.79 Å². The second-order valence-corrected chi connectivity index (χ2v) is 5.81. The van der Waals surface area contributed by atoms with Crippen molar-refractivity contribution in [3.05, 3.63) is 64.7 Å². The smallest absolute Gasteiger partial charge is 0.338 e. The number of benzene rings is 2. The number of rotatable bonds is 6. The first-order valence-corrected chi connectivity index (χ1v) is 8.05. The molecule has 0 aliphatic rings. The molecule has 2 aromatic rings. The molecule has 0 aliphatic heterocycles. The van der Waals surface area contributed by atoms with Crippen molar-refractivity contribution in [2.24, 2.45) is 0 Å². The number of hydrogen-bond donors (Lipinski definition) is 0. The van der Waals surface area contributed by atoms with Crippen molar-refractivity contribution in [2.45, 2.75) is 13.3 Å². The fourth-order valence-electron chi connectivity index (χ4n) is 2.19. The topological polar surface area (TPSA) is 70.4 Å². The van der Waals surface area contributed by atoms with E-state index in [0.717, 1.165) is 5.56 Å². The zero-order valence-corrected chi connectivity index (χ0v) is 14.5. The summed E-state index contributed by atoms with van der Waals surface area (Å²) in [6.45, 7) is 1.76. The largest absolute Gasteiger partial charge is 0.452 e. The van der Waals surface area contributed by atoms with E-state index in [2.05, 4.69) is 0 Å². The van der Waals surface area contributed by atoms with Crippen molar-refractivity contribution in [1.29, 1.82) is 5.26 Å². The van der Waals surface area contributed by atoms with Crippen LogP contribution in [0.4, 0.5) is 5.69 Å². The number of hydrogen-bond acceptors (Lipinski definition) is 4. The van der Waals surface area contributed by atoms with Crippen LogP contribution < -0.4 is 4.90 Å². The van der Waals surface area contributed by atoms with E-state index in [1.165, 1.54) is 11.0 Å². The fourth-order valence-corrected chi connectivity index (χ4v) is 2.38. The second kappa shape index (κ2) is 8.86. The SMILES string of the molecule is Cc1ccc(N(CCC#N)C(=O)COC(=O)c2cccc(Cl)c2)cc1. The number of anilines is 1. The first kappa shape index (κ1) is 18.5. The summed E-state index contributed by atoms with van der Waals surface area (Å²) in [4.78, 5) is 25.9. The number of esters is 1. The van der Waals surface area contributed by atoms with Crippen LogP contribution in [0.1, 0.15) is 22.3 Å². The molecule has 25 heavy (non-hydrogen) atoms. The molecule has 0 atom stereocenters. The van der Waals surface area contributed by atoms with Crippen LogP contribution in [0.3, 0.4) is 0 Å². The van der Waals surface area contributed by atoms with Crippen LogP contribution in [0, 0.1) is 18.3 Å². The summed E-state index contributed by atoms with van der Waals surface area (Å²) in [6, 6.07) is 15.7. The molecule has 5 nitrogen and oxygen atoms in total. The molecule has 6 heteroatoms. The number of carbonyl (C=O) groups is 2. The van der Waals surface area contributed by atoms with Gasteiger partial charge in [0, 0.05) is 17.3 Å². The Bertz CT molecular complexity index is 797. The van der Waals surface area contributed by atoms with Crippen molar-refractivity contribution in [3.8, 4) is 6.07 Å². The average molecular weight is 357 g/mol. The molecule has 2 rings (SSSR count). The van der Waals surface area contributed by atoms with Gasteiger partial charge in [0.05, 0.1) is 18.1 Å². The number of nitrogens with zero attached hydrogens (tertiary/aromatic N) is 2. The minimum atomic E-state index is -0.625. The lowest BCUT2D eigenvalue weighted by Gasteiger charge is -2.21. The average Bonchev–Trinajstić information content (AvgIpc) is 2.61. The Hall–Kier alpha value is -2.84. The number of amides is 1. The number of carbonyl (C=O) groups excluding carboxylic acids is 2. The summed E-state index contributed by atoms with van der Waals surface area (Å²) in [5.41, 5.74) is 1.99. The van der Waals surface area contributed by atoms with Crippen molar-refractivity contribution in [2.75, 3.05) is 18.1 Å². The van der Waals surface area contributed by atoms with E-state index in [0.29, 0.717) is 10.7 Å². The third-order valence-electron chi connectivity index (χ3n) is 3.48. The first-order valence-electron chi connectivity index (χ1n) is 7.68. The Morgan fingerprint density at radius 3 is 2.56 bits per heavy atom. The van der Waals surface area contributed by atoms with Gasteiger partial charge in [0.25, 0.3) is 5.91 Å². The van der Waals surface area contributed by atoms with E-state index in [4.69, 9.17) is 21.6 Å². The van der Waals surface area contributed by atoms with Gasteiger partial charge in [-0.15, -0.1) is 0 Å². The molecule has 128 valence electrons. The molecule has 0 saturated carbocycles. The maximum Gasteiger partial charge on any atom is 0.338 e. The van der Waals surface area contributed by atoms with Crippen LogP contribution in [-0.2, 0) is 9.53 Å². The van der Waals surface area contributed by atoms with Gasteiger partial charge in [-0.25, -0.2) is 4.79 Å². The highest BCUT2D eigenvalue weighted by Crippen LogP contribution is 2.16. The summed E-state index contributed by atoms with van der Waals surface area (Å²) in [7, 11) is 0. The van der Waals surface area contributed by atoms with Crippen LogP contribution in [0.25, 0.3) is 0 Å². The molecule has 0 aliphatic carbocycles. The monoisotopic (exact) mass is 356 g/mol. The summed E-state index contributed by atoms with van der Waals surface area (Å²) in [5, 5.41) is 9.21. The fraction of sp³-hybridized carbons (Fsp3) is 0.211. The van der Waals surface area contributed by atoms with Gasteiger partial charge in [0.2, 0.25) is 0 Å². The van der Waals surface area contributed by atoms with Gasteiger partial charge in [0.1, 0.15) is 0 Å². The van der Waals surface area contributed by atoms with Gasteiger partial charge in [0.15, 0.2) is 6.61 Å². The number of ether oxygens (including phenoxy) is 1. The van der Waals surface area contributed by atoms with E-state index in [1.54, 1.807) is 30.3 Å². The van der Waals surface area contributed by atoms with Gasteiger partial charge in [-0.05, 0) is 37.3 Å². The van der Waals surface area contributed by atoms with E-state index in [-0.39, 0.29) is 18.5 Å². The minimum absolute atomic E-state index is 0.182. The minimum Gasteiger partial charge on any atom is -0.452 e.